The van der Waals surface area contributed by atoms with E-state index < -0.39 is 11.6 Å². The first-order valence-corrected chi connectivity index (χ1v) is 10.6. The fourth-order valence-electron chi connectivity index (χ4n) is 3.82. The average molecular weight is 440 g/mol. The van der Waals surface area contributed by atoms with Crippen LogP contribution in [0, 0.1) is 18.6 Å². The van der Waals surface area contributed by atoms with Crippen LogP contribution in [0.3, 0.4) is 0 Å². The number of ether oxygens (including phenoxy) is 2. The summed E-state index contributed by atoms with van der Waals surface area (Å²) >= 11 is 0. The van der Waals surface area contributed by atoms with Crippen molar-refractivity contribution in [3.63, 3.8) is 0 Å². The number of aryl methyl sites for hydroxylation is 1. The Labute approximate surface area is 186 Å². The number of hydrogen-bond acceptors (Lipinski definition) is 6. The van der Waals surface area contributed by atoms with Gasteiger partial charge in [-0.05, 0) is 68.1 Å². The zero-order chi connectivity index (χ0) is 22.5. The first kappa shape index (κ1) is 22.0. The lowest BCUT2D eigenvalue weighted by Crippen LogP contribution is -2.26. The molecule has 8 heteroatoms. The molecule has 6 nitrogen and oxygen atoms in total. The first-order valence-electron chi connectivity index (χ1n) is 10.6. The number of halogens is 2. The summed E-state index contributed by atoms with van der Waals surface area (Å²) in [5.41, 5.74) is 2.31. The predicted octanol–water partition coefficient (Wildman–Crippen LogP) is 4.86. The molecule has 0 spiro atoms. The van der Waals surface area contributed by atoms with Crippen molar-refractivity contribution in [2.24, 2.45) is 0 Å². The van der Waals surface area contributed by atoms with E-state index in [2.05, 4.69) is 32.7 Å². The Morgan fingerprint density at radius 3 is 2.41 bits per heavy atom. The average Bonchev–Trinajstić information content (AvgIpc) is 2.83. The topological polar surface area (TPSA) is 68.3 Å². The third kappa shape index (κ3) is 4.96. The fraction of sp³-hybridized carbons (Fsp3) is 0.333. The molecule has 4 rings (SSSR count). The van der Waals surface area contributed by atoms with Gasteiger partial charge in [0.25, 0.3) is 0 Å². The molecule has 0 bridgehead atoms. The van der Waals surface area contributed by atoms with Crippen molar-refractivity contribution in [1.29, 1.82) is 0 Å². The molecular weight excluding hydrogens is 414 g/mol. The van der Waals surface area contributed by atoms with Crippen molar-refractivity contribution in [3.05, 3.63) is 71.1 Å². The highest BCUT2D eigenvalue weighted by atomic mass is 19.1. The van der Waals surface area contributed by atoms with Crippen LogP contribution in [-0.2, 0) is 6.61 Å². The minimum atomic E-state index is -0.775. The number of aromatic nitrogens is 2. The molecule has 32 heavy (non-hydrogen) atoms. The molecule has 168 valence electrons. The lowest BCUT2D eigenvalue weighted by molar-refractivity contribution is 0.285. The molecule has 2 aromatic carbocycles. The van der Waals surface area contributed by atoms with E-state index in [1.807, 2.05) is 12.1 Å². The van der Waals surface area contributed by atoms with Gasteiger partial charge in [-0.1, -0.05) is 12.1 Å². The molecule has 3 aromatic rings. The summed E-state index contributed by atoms with van der Waals surface area (Å²) in [5, 5.41) is 6.53. The van der Waals surface area contributed by atoms with Crippen molar-refractivity contribution in [1.82, 2.24) is 15.3 Å². The Bertz CT molecular complexity index is 1050. The largest absolute Gasteiger partial charge is 0.494 e. The summed E-state index contributed by atoms with van der Waals surface area (Å²) in [6, 6.07) is 9.62. The highest BCUT2D eigenvalue weighted by molar-refractivity contribution is 5.54. The van der Waals surface area contributed by atoms with E-state index in [9.17, 15) is 8.78 Å². The number of anilines is 2. The van der Waals surface area contributed by atoms with Crippen LogP contribution in [0.5, 0.6) is 11.5 Å². The van der Waals surface area contributed by atoms with E-state index in [1.165, 1.54) is 31.1 Å². The molecular formula is C24H26F2N4O2. The van der Waals surface area contributed by atoms with Gasteiger partial charge in [0.05, 0.1) is 25.1 Å². The lowest BCUT2D eigenvalue weighted by Gasteiger charge is -2.23. The van der Waals surface area contributed by atoms with Crippen LogP contribution < -0.4 is 20.1 Å². The number of nitrogens with one attached hydrogen (secondary N) is 2. The SMILES string of the molecule is COc1cc(C)c(F)c(COc2cnc(Nc3ccc(C4CCNCC4)cc3)nc2)c1F. The smallest absolute Gasteiger partial charge is 0.227 e. The molecule has 0 unspecified atom stereocenters. The molecule has 0 atom stereocenters. The van der Waals surface area contributed by atoms with Crippen LogP contribution in [0.2, 0.25) is 0 Å². The Kier molecular flexibility index (Phi) is 6.80. The number of rotatable bonds is 7. The van der Waals surface area contributed by atoms with Crippen LogP contribution >= 0.6 is 0 Å². The fourth-order valence-corrected chi connectivity index (χ4v) is 3.82. The molecule has 1 aliphatic heterocycles. The van der Waals surface area contributed by atoms with Crippen LogP contribution in [0.4, 0.5) is 20.4 Å². The van der Waals surface area contributed by atoms with Gasteiger partial charge in [-0.25, -0.2) is 18.7 Å². The van der Waals surface area contributed by atoms with Crippen molar-refractivity contribution in [3.8, 4) is 11.5 Å². The third-order valence-electron chi connectivity index (χ3n) is 5.65. The molecule has 2 heterocycles. The first-order chi connectivity index (χ1) is 15.5. The van der Waals surface area contributed by atoms with E-state index >= 15 is 0 Å². The Morgan fingerprint density at radius 1 is 1.06 bits per heavy atom. The van der Waals surface area contributed by atoms with E-state index in [0.29, 0.717) is 17.6 Å². The lowest BCUT2D eigenvalue weighted by atomic mass is 9.90. The second-order valence-corrected chi connectivity index (χ2v) is 7.80. The van der Waals surface area contributed by atoms with Gasteiger partial charge in [0.1, 0.15) is 12.4 Å². The van der Waals surface area contributed by atoms with Crippen LogP contribution in [0.15, 0.2) is 42.7 Å². The molecule has 1 aliphatic rings. The maximum atomic E-state index is 14.4. The Morgan fingerprint density at radius 2 is 1.75 bits per heavy atom. The standard InChI is InChI=1S/C24H26F2N4O2/c1-15-11-21(31-2)23(26)20(22(15)25)14-32-19-12-28-24(29-13-19)30-18-5-3-16(4-6-18)17-7-9-27-10-8-17/h3-6,11-13,17,27H,7-10,14H2,1-2H3,(H,28,29,30). The zero-order valence-electron chi connectivity index (χ0n) is 18.1. The molecule has 0 radical (unpaired) electrons. The molecule has 1 aromatic heterocycles. The Hall–Kier alpha value is -3.26. The maximum Gasteiger partial charge on any atom is 0.227 e. The third-order valence-corrected chi connectivity index (χ3v) is 5.65. The minimum absolute atomic E-state index is 0.0236. The summed E-state index contributed by atoms with van der Waals surface area (Å²) in [6.45, 7) is 3.36. The molecule has 2 N–H and O–H groups in total. The second kappa shape index (κ2) is 9.91. The summed E-state index contributed by atoms with van der Waals surface area (Å²) in [4.78, 5) is 8.45. The van der Waals surface area contributed by atoms with Gasteiger partial charge in [0.2, 0.25) is 5.95 Å². The van der Waals surface area contributed by atoms with E-state index in [4.69, 9.17) is 9.47 Å². The monoisotopic (exact) mass is 440 g/mol. The highest BCUT2D eigenvalue weighted by Gasteiger charge is 2.18. The number of nitrogens with zero attached hydrogens (tertiary/aromatic N) is 2. The van der Waals surface area contributed by atoms with Gasteiger partial charge in [-0.3, -0.25) is 0 Å². The van der Waals surface area contributed by atoms with Gasteiger partial charge >= 0.3 is 0 Å². The van der Waals surface area contributed by atoms with Crippen LogP contribution in [0.1, 0.15) is 35.4 Å². The minimum Gasteiger partial charge on any atom is -0.494 e. The molecule has 0 saturated carbocycles. The quantitative estimate of drug-likeness (QED) is 0.547. The Balaban J connectivity index is 1.37. The summed E-state index contributed by atoms with van der Waals surface area (Å²) in [5.74, 6) is -0.152. The predicted molar refractivity (Wildman–Crippen MR) is 119 cm³/mol. The van der Waals surface area contributed by atoms with E-state index in [0.717, 1.165) is 31.6 Å². The normalized spacial score (nSPS) is 14.2. The van der Waals surface area contributed by atoms with Crippen molar-refractivity contribution >= 4 is 11.6 Å². The molecule has 1 saturated heterocycles. The van der Waals surface area contributed by atoms with Crippen molar-refractivity contribution in [2.75, 3.05) is 25.5 Å². The summed E-state index contributed by atoms with van der Waals surface area (Å²) < 4.78 is 39.2. The molecule has 0 amide bonds. The number of piperidine rings is 1. The van der Waals surface area contributed by atoms with E-state index in [1.54, 1.807) is 6.92 Å². The van der Waals surface area contributed by atoms with Gasteiger partial charge in [0, 0.05) is 5.69 Å². The van der Waals surface area contributed by atoms with Gasteiger partial charge in [-0.2, -0.15) is 0 Å². The summed E-state index contributed by atoms with van der Waals surface area (Å²) in [6.07, 6.45) is 5.23. The van der Waals surface area contributed by atoms with Crippen LogP contribution in [0.25, 0.3) is 0 Å². The van der Waals surface area contributed by atoms with Crippen molar-refractivity contribution < 1.29 is 18.3 Å². The second-order valence-electron chi connectivity index (χ2n) is 7.80. The van der Waals surface area contributed by atoms with Crippen LogP contribution in [-0.4, -0.2) is 30.2 Å². The van der Waals surface area contributed by atoms with E-state index in [-0.39, 0.29) is 23.5 Å². The number of benzene rings is 2. The van der Waals surface area contributed by atoms with Crippen molar-refractivity contribution in [2.45, 2.75) is 32.3 Å². The maximum absolute atomic E-state index is 14.4. The zero-order valence-corrected chi connectivity index (χ0v) is 18.1. The van der Waals surface area contributed by atoms with Gasteiger partial charge in [0.15, 0.2) is 17.3 Å². The number of methoxy groups -OCH3 is 1. The number of hydrogen-bond donors (Lipinski definition) is 2. The van der Waals surface area contributed by atoms with Gasteiger partial charge in [-0.15, -0.1) is 0 Å². The molecule has 0 aliphatic carbocycles. The van der Waals surface area contributed by atoms with Gasteiger partial charge < -0.3 is 20.1 Å². The highest BCUT2D eigenvalue weighted by Crippen LogP contribution is 2.28. The summed E-state index contributed by atoms with van der Waals surface area (Å²) in [7, 11) is 1.33. The molecule has 1 fully saturated rings.